The zero-order chi connectivity index (χ0) is 20.4. The zero-order valence-electron chi connectivity index (χ0n) is 16.1. The van der Waals surface area contributed by atoms with Gasteiger partial charge in [-0.05, 0) is 58.0 Å². The Morgan fingerprint density at radius 3 is 2.39 bits per heavy atom. The number of halogens is 1. The molecule has 0 fully saturated rings. The summed E-state index contributed by atoms with van der Waals surface area (Å²) in [4.78, 5) is 24.5. The van der Waals surface area contributed by atoms with E-state index < -0.39 is 5.91 Å². The van der Waals surface area contributed by atoms with Gasteiger partial charge < -0.3 is 4.42 Å². The highest BCUT2D eigenvalue weighted by atomic mass is 35.5. The standard InChI is InChI=1S/C20H21ClN4O3/c1-11-9-18(14(4)28-11)20(27)23-22-19(26)10-17-12(2)24-25(13(17)3)16-7-5-15(21)6-8-16/h5-9H,10H2,1-4H3,(H,22,26)(H,23,27). The number of hydrazine groups is 1. The average Bonchev–Trinajstić information content (AvgIpc) is 3.13. The summed E-state index contributed by atoms with van der Waals surface area (Å²) in [6.45, 7) is 7.19. The Balaban J connectivity index is 1.68. The molecule has 0 aliphatic rings. The first-order chi connectivity index (χ1) is 13.3. The molecule has 0 saturated heterocycles. The average molecular weight is 401 g/mol. The van der Waals surface area contributed by atoms with Crippen LogP contribution in [0.2, 0.25) is 5.02 Å². The van der Waals surface area contributed by atoms with Crippen molar-refractivity contribution in [2.45, 2.75) is 34.1 Å². The minimum absolute atomic E-state index is 0.0922. The molecule has 7 nitrogen and oxygen atoms in total. The number of amides is 2. The van der Waals surface area contributed by atoms with Gasteiger partial charge in [0.2, 0.25) is 5.91 Å². The summed E-state index contributed by atoms with van der Waals surface area (Å²) in [6.07, 6.45) is 0.0922. The molecular formula is C20H21ClN4O3. The first kappa shape index (κ1) is 19.7. The van der Waals surface area contributed by atoms with Gasteiger partial charge in [-0.2, -0.15) is 5.10 Å². The molecule has 0 bridgehead atoms. The van der Waals surface area contributed by atoms with Crippen LogP contribution >= 0.6 is 11.6 Å². The Kier molecular flexibility index (Phi) is 5.56. The molecule has 0 aliphatic heterocycles. The molecule has 8 heteroatoms. The van der Waals surface area contributed by atoms with Gasteiger partial charge in [-0.3, -0.25) is 20.4 Å². The van der Waals surface area contributed by atoms with E-state index >= 15 is 0 Å². The number of carbonyl (C=O) groups excluding carboxylic acids is 2. The molecule has 0 spiro atoms. The number of hydrogen-bond acceptors (Lipinski definition) is 4. The Morgan fingerprint density at radius 1 is 1.11 bits per heavy atom. The van der Waals surface area contributed by atoms with Crippen LogP contribution in [0.25, 0.3) is 5.69 Å². The van der Waals surface area contributed by atoms with Gasteiger partial charge in [0.15, 0.2) is 0 Å². The molecule has 0 radical (unpaired) electrons. The maximum atomic E-state index is 12.3. The van der Waals surface area contributed by atoms with Crippen LogP contribution in [0.15, 0.2) is 34.7 Å². The predicted octanol–water partition coefficient (Wildman–Crippen LogP) is 3.36. The predicted molar refractivity (Wildman–Crippen MR) is 106 cm³/mol. The van der Waals surface area contributed by atoms with Crippen molar-refractivity contribution in [2.24, 2.45) is 0 Å². The molecule has 2 aromatic heterocycles. The molecule has 3 rings (SSSR count). The van der Waals surface area contributed by atoms with E-state index in [-0.39, 0.29) is 12.3 Å². The molecule has 0 aliphatic carbocycles. The third kappa shape index (κ3) is 4.09. The quantitative estimate of drug-likeness (QED) is 0.657. The Bertz CT molecular complexity index is 1030. The normalized spacial score (nSPS) is 10.8. The van der Waals surface area contributed by atoms with Crippen LogP contribution in [0.1, 0.15) is 38.8 Å². The number of hydrogen-bond donors (Lipinski definition) is 2. The second-order valence-electron chi connectivity index (χ2n) is 6.54. The number of nitrogens with zero attached hydrogens (tertiary/aromatic N) is 2. The number of rotatable bonds is 4. The van der Waals surface area contributed by atoms with Crippen LogP contribution in [-0.4, -0.2) is 21.6 Å². The fraction of sp³-hybridized carbons (Fsp3) is 0.250. The first-order valence-corrected chi connectivity index (χ1v) is 9.11. The fourth-order valence-corrected chi connectivity index (χ4v) is 3.15. The molecule has 28 heavy (non-hydrogen) atoms. The van der Waals surface area contributed by atoms with Crippen LogP contribution in [0, 0.1) is 27.7 Å². The number of benzene rings is 1. The third-order valence-electron chi connectivity index (χ3n) is 4.45. The Morgan fingerprint density at radius 2 is 1.79 bits per heavy atom. The van der Waals surface area contributed by atoms with E-state index in [0.29, 0.717) is 22.1 Å². The van der Waals surface area contributed by atoms with E-state index in [4.69, 9.17) is 16.0 Å². The molecule has 146 valence electrons. The van der Waals surface area contributed by atoms with Crippen molar-refractivity contribution < 1.29 is 14.0 Å². The highest BCUT2D eigenvalue weighted by Crippen LogP contribution is 2.20. The van der Waals surface area contributed by atoms with E-state index in [9.17, 15) is 9.59 Å². The SMILES string of the molecule is Cc1cc(C(=O)NNC(=O)Cc2c(C)nn(-c3ccc(Cl)cc3)c2C)c(C)o1. The van der Waals surface area contributed by atoms with Gasteiger partial charge in [0.05, 0.1) is 23.4 Å². The van der Waals surface area contributed by atoms with E-state index in [0.717, 1.165) is 22.6 Å². The summed E-state index contributed by atoms with van der Waals surface area (Å²) in [6, 6.07) is 8.92. The lowest BCUT2D eigenvalue weighted by Gasteiger charge is -2.08. The minimum Gasteiger partial charge on any atom is -0.466 e. The summed E-state index contributed by atoms with van der Waals surface area (Å²) in [5.74, 6) is 0.371. The number of nitrogens with one attached hydrogen (secondary N) is 2. The monoisotopic (exact) mass is 400 g/mol. The van der Waals surface area contributed by atoms with Crippen molar-refractivity contribution in [2.75, 3.05) is 0 Å². The molecule has 0 atom stereocenters. The van der Waals surface area contributed by atoms with E-state index in [1.807, 2.05) is 26.0 Å². The maximum Gasteiger partial charge on any atom is 0.273 e. The topological polar surface area (TPSA) is 89.2 Å². The van der Waals surface area contributed by atoms with Gasteiger partial charge in [0.25, 0.3) is 5.91 Å². The number of aromatic nitrogens is 2. The molecule has 1 aromatic carbocycles. The molecule has 0 unspecified atom stereocenters. The second-order valence-corrected chi connectivity index (χ2v) is 6.98. The number of carbonyl (C=O) groups is 2. The lowest BCUT2D eigenvalue weighted by atomic mass is 10.1. The van der Waals surface area contributed by atoms with Crippen molar-refractivity contribution in [1.29, 1.82) is 0 Å². The van der Waals surface area contributed by atoms with E-state index in [2.05, 4.69) is 16.0 Å². The second kappa shape index (κ2) is 7.90. The largest absolute Gasteiger partial charge is 0.466 e. The number of aryl methyl sites for hydroxylation is 3. The van der Waals surface area contributed by atoms with Gasteiger partial charge in [-0.1, -0.05) is 11.6 Å². The summed E-state index contributed by atoms with van der Waals surface area (Å²) < 4.78 is 7.10. The van der Waals surface area contributed by atoms with Gasteiger partial charge >= 0.3 is 0 Å². The van der Waals surface area contributed by atoms with Gasteiger partial charge in [-0.15, -0.1) is 0 Å². The van der Waals surface area contributed by atoms with E-state index in [1.165, 1.54) is 0 Å². The summed E-state index contributed by atoms with van der Waals surface area (Å²) in [5, 5.41) is 5.16. The zero-order valence-corrected chi connectivity index (χ0v) is 16.8. The fourth-order valence-electron chi connectivity index (χ4n) is 3.02. The summed E-state index contributed by atoms with van der Waals surface area (Å²) in [5.41, 5.74) is 8.50. The highest BCUT2D eigenvalue weighted by molar-refractivity contribution is 6.30. The summed E-state index contributed by atoms with van der Waals surface area (Å²) >= 11 is 5.94. The Hall–Kier alpha value is -3.06. The maximum absolute atomic E-state index is 12.3. The summed E-state index contributed by atoms with van der Waals surface area (Å²) in [7, 11) is 0. The van der Waals surface area contributed by atoms with Crippen molar-refractivity contribution in [1.82, 2.24) is 20.6 Å². The van der Waals surface area contributed by atoms with E-state index in [1.54, 1.807) is 36.7 Å². The molecule has 2 N–H and O–H groups in total. The lowest BCUT2D eigenvalue weighted by Crippen LogP contribution is -2.42. The van der Waals surface area contributed by atoms with Crippen molar-refractivity contribution >= 4 is 23.4 Å². The smallest absolute Gasteiger partial charge is 0.273 e. The molecule has 3 aromatic rings. The van der Waals surface area contributed by atoms with Crippen LogP contribution < -0.4 is 10.9 Å². The molecule has 2 amide bonds. The van der Waals surface area contributed by atoms with Crippen LogP contribution in [0.4, 0.5) is 0 Å². The van der Waals surface area contributed by atoms with Crippen LogP contribution in [-0.2, 0) is 11.2 Å². The van der Waals surface area contributed by atoms with Crippen LogP contribution in [0.5, 0.6) is 0 Å². The molecule has 0 saturated carbocycles. The number of furan rings is 1. The Labute approximate surface area is 167 Å². The first-order valence-electron chi connectivity index (χ1n) is 8.73. The van der Waals surface area contributed by atoms with Crippen LogP contribution in [0.3, 0.4) is 0 Å². The van der Waals surface area contributed by atoms with Crippen molar-refractivity contribution in [3.8, 4) is 5.69 Å². The van der Waals surface area contributed by atoms with Crippen molar-refractivity contribution in [3.63, 3.8) is 0 Å². The third-order valence-corrected chi connectivity index (χ3v) is 4.70. The van der Waals surface area contributed by atoms with Gasteiger partial charge in [0.1, 0.15) is 11.5 Å². The minimum atomic E-state index is -0.423. The van der Waals surface area contributed by atoms with Gasteiger partial charge in [0, 0.05) is 16.3 Å². The molecular weight excluding hydrogens is 380 g/mol. The molecule has 2 heterocycles. The highest BCUT2D eigenvalue weighted by Gasteiger charge is 2.18. The van der Waals surface area contributed by atoms with Gasteiger partial charge in [-0.25, -0.2) is 4.68 Å². The lowest BCUT2D eigenvalue weighted by molar-refractivity contribution is -0.121. The van der Waals surface area contributed by atoms with Crippen molar-refractivity contribution in [3.05, 3.63) is 69.4 Å².